The normalized spacial score (nSPS) is 17.2. The van der Waals surface area contributed by atoms with E-state index in [1.807, 2.05) is 0 Å². The van der Waals surface area contributed by atoms with Gasteiger partial charge in [0.05, 0.1) is 0 Å². The second-order valence-electron chi connectivity index (χ2n) is 2.41. The first-order valence-corrected chi connectivity index (χ1v) is 4.73. The van der Waals surface area contributed by atoms with Crippen molar-refractivity contribution in [2.24, 2.45) is 0 Å². The molecule has 0 radical (unpaired) electrons. The molecule has 10 heavy (non-hydrogen) atoms. The summed E-state index contributed by atoms with van der Waals surface area (Å²) >= 11 is 0. The minimum atomic E-state index is 0.988. The zero-order chi connectivity index (χ0) is 6.81. The zero-order valence-corrected chi connectivity index (χ0v) is 6.67. The monoisotopic (exact) mass is 148 g/mol. The molecule has 0 amide bonds. The highest BCUT2D eigenvalue weighted by molar-refractivity contribution is 7.41. The fourth-order valence-corrected chi connectivity index (χ4v) is 2.13. The van der Waals surface area contributed by atoms with Crippen LogP contribution in [-0.4, -0.2) is 0 Å². The van der Waals surface area contributed by atoms with Crippen LogP contribution >= 0.6 is 8.58 Å². The lowest BCUT2D eigenvalue weighted by atomic mass is 10.1. The van der Waals surface area contributed by atoms with Crippen LogP contribution in [0.4, 0.5) is 0 Å². The maximum Gasteiger partial charge on any atom is -0.00600 e. The van der Waals surface area contributed by atoms with E-state index in [1.54, 1.807) is 0 Å². The lowest BCUT2D eigenvalue weighted by Crippen LogP contribution is -1.86. The van der Waals surface area contributed by atoms with E-state index in [0.29, 0.717) is 0 Å². The van der Waals surface area contributed by atoms with Gasteiger partial charge in [-0.2, -0.15) is 0 Å². The van der Waals surface area contributed by atoms with Gasteiger partial charge < -0.3 is 0 Å². The van der Waals surface area contributed by atoms with Crippen LogP contribution in [0.25, 0.3) is 6.08 Å². The predicted molar refractivity (Wildman–Crippen MR) is 47.5 cm³/mol. The third-order valence-electron chi connectivity index (χ3n) is 1.73. The van der Waals surface area contributed by atoms with Crippen molar-refractivity contribution in [1.82, 2.24) is 0 Å². The minimum absolute atomic E-state index is 0.988. The molecule has 1 atom stereocenters. The first-order chi connectivity index (χ1) is 4.97. The van der Waals surface area contributed by atoms with Gasteiger partial charge in [-0.05, 0) is 17.3 Å². The van der Waals surface area contributed by atoms with Gasteiger partial charge in [-0.15, -0.1) is 0 Å². The van der Waals surface area contributed by atoms with E-state index in [2.05, 4.69) is 36.2 Å². The molecule has 2 rings (SSSR count). The van der Waals surface area contributed by atoms with E-state index >= 15 is 0 Å². The van der Waals surface area contributed by atoms with Crippen LogP contribution in [0, 0.1) is 0 Å². The van der Waals surface area contributed by atoms with Crippen molar-refractivity contribution in [2.75, 3.05) is 0 Å². The molecule has 0 saturated carbocycles. The van der Waals surface area contributed by atoms with Crippen LogP contribution < -0.4 is 0 Å². The molecular formula is C9H9P. The second-order valence-corrected chi connectivity index (χ2v) is 3.51. The Labute approximate surface area is 62.7 Å². The molecule has 0 fully saturated rings. The Morgan fingerprint density at radius 3 is 3.00 bits per heavy atom. The van der Waals surface area contributed by atoms with Crippen LogP contribution in [0.15, 0.2) is 30.1 Å². The average molecular weight is 148 g/mol. The van der Waals surface area contributed by atoms with Crippen molar-refractivity contribution < 1.29 is 0 Å². The zero-order valence-electron chi connectivity index (χ0n) is 5.67. The molecule has 1 aliphatic heterocycles. The van der Waals surface area contributed by atoms with Crippen LogP contribution in [-0.2, 0) is 6.16 Å². The highest BCUT2D eigenvalue weighted by Crippen LogP contribution is 2.29. The van der Waals surface area contributed by atoms with Crippen LogP contribution in [0.5, 0.6) is 0 Å². The summed E-state index contributed by atoms with van der Waals surface area (Å²) in [6, 6.07) is 8.60. The second kappa shape index (κ2) is 2.56. The summed E-state index contributed by atoms with van der Waals surface area (Å²) in [5.74, 6) is 2.27. The third kappa shape index (κ3) is 0.998. The van der Waals surface area contributed by atoms with Gasteiger partial charge in [0.2, 0.25) is 0 Å². The summed E-state index contributed by atoms with van der Waals surface area (Å²) < 4.78 is 0. The van der Waals surface area contributed by atoms with Crippen LogP contribution in [0.1, 0.15) is 11.1 Å². The Morgan fingerprint density at radius 1 is 1.20 bits per heavy atom. The van der Waals surface area contributed by atoms with Gasteiger partial charge in [0, 0.05) is 0 Å². The summed E-state index contributed by atoms with van der Waals surface area (Å²) in [4.78, 5) is 0. The van der Waals surface area contributed by atoms with Crippen molar-refractivity contribution in [3.8, 4) is 0 Å². The largest absolute Gasteiger partial charge is 0.0939 e. The molecule has 0 spiro atoms. The molecule has 1 unspecified atom stereocenters. The van der Waals surface area contributed by atoms with Gasteiger partial charge in [-0.3, -0.25) is 0 Å². The Morgan fingerprint density at radius 2 is 2.10 bits per heavy atom. The van der Waals surface area contributed by atoms with Crippen LogP contribution in [0.2, 0.25) is 0 Å². The highest BCUT2D eigenvalue weighted by atomic mass is 31.1. The third-order valence-corrected chi connectivity index (χ3v) is 2.72. The van der Waals surface area contributed by atoms with Gasteiger partial charge in [-0.1, -0.05) is 44.7 Å². The van der Waals surface area contributed by atoms with Crippen molar-refractivity contribution >= 4 is 14.7 Å². The number of rotatable bonds is 0. The van der Waals surface area contributed by atoms with Crippen LogP contribution in [0.3, 0.4) is 0 Å². The molecule has 0 bridgehead atoms. The van der Waals surface area contributed by atoms with E-state index in [1.165, 1.54) is 17.3 Å². The first kappa shape index (κ1) is 6.12. The topological polar surface area (TPSA) is 0 Å². The smallest absolute Gasteiger partial charge is 0.00600 e. The summed E-state index contributed by atoms with van der Waals surface area (Å²) in [5, 5.41) is 0. The Hall–Kier alpha value is -0.610. The number of benzene rings is 1. The molecule has 1 aliphatic rings. The quantitative estimate of drug-likeness (QED) is 0.496. The summed E-state index contributed by atoms with van der Waals surface area (Å²) in [5.41, 5.74) is 2.91. The van der Waals surface area contributed by atoms with E-state index in [4.69, 9.17) is 0 Å². The number of hydrogen-bond donors (Lipinski definition) is 0. The van der Waals surface area contributed by atoms with Gasteiger partial charge >= 0.3 is 0 Å². The maximum atomic E-state index is 2.27. The highest BCUT2D eigenvalue weighted by Gasteiger charge is 2.00. The molecule has 0 nitrogen and oxygen atoms in total. The molecule has 0 N–H and O–H groups in total. The molecule has 0 aromatic heterocycles. The van der Waals surface area contributed by atoms with Gasteiger partial charge in [0.15, 0.2) is 0 Å². The lowest BCUT2D eigenvalue weighted by Gasteiger charge is -2.07. The molecule has 1 heteroatoms. The summed E-state index contributed by atoms with van der Waals surface area (Å²) in [6.45, 7) is 0. The first-order valence-electron chi connectivity index (χ1n) is 3.45. The molecule has 0 saturated heterocycles. The lowest BCUT2D eigenvalue weighted by molar-refractivity contribution is 1.38. The number of hydrogen-bond acceptors (Lipinski definition) is 0. The van der Waals surface area contributed by atoms with Crippen molar-refractivity contribution in [2.45, 2.75) is 6.16 Å². The minimum Gasteiger partial charge on any atom is -0.0939 e. The van der Waals surface area contributed by atoms with Crippen molar-refractivity contribution in [3.63, 3.8) is 0 Å². The Bertz CT molecular complexity index is 263. The van der Waals surface area contributed by atoms with E-state index in [-0.39, 0.29) is 0 Å². The fourth-order valence-electron chi connectivity index (χ4n) is 1.18. The van der Waals surface area contributed by atoms with E-state index in [9.17, 15) is 0 Å². The van der Waals surface area contributed by atoms with Gasteiger partial charge in [-0.25, -0.2) is 0 Å². The molecule has 50 valence electrons. The van der Waals surface area contributed by atoms with Gasteiger partial charge in [0.25, 0.3) is 0 Å². The molecule has 1 aromatic rings. The van der Waals surface area contributed by atoms with E-state index in [0.717, 1.165) is 8.58 Å². The van der Waals surface area contributed by atoms with Crippen molar-refractivity contribution in [3.05, 3.63) is 41.2 Å². The average Bonchev–Trinajstić information content (AvgIpc) is 2.05. The van der Waals surface area contributed by atoms with E-state index < -0.39 is 0 Å². The predicted octanol–water partition coefficient (Wildman–Crippen LogP) is 2.85. The maximum absolute atomic E-state index is 2.27. The van der Waals surface area contributed by atoms with Gasteiger partial charge in [0.1, 0.15) is 0 Å². The standard InChI is InChI=1S/C9H9P/c1-2-4-9-7-10-6-5-8(9)3-1/h1-6,10H,7H2. The molecular weight excluding hydrogens is 139 g/mol. The Balaban J connectivity index is 2.54. The van der Waals surface area contributed by atoms with Crippen molar-refractivity contribution in [1.29, 1.82) is 0 Å². The molecule has 0 aliphatic carbocycles. The summed E-state index contributed by atoms with van der Waals surface area (Å²) in [7, 11) is 0.988. The number of fused-ring (bicyclic) bond motifs is 1. The SMILES string of the molecule is C1=Cc2ccccc2CP1. The molecule has 1 aromatic carbocycles. The summed E-state index contributed by atoms with van der Waals surface area (Å²) in [6.07, 6.45) is 3.46. The Kier molecular flexibility index (Phi) is 1.56. The molecule has 1 heterocycles. The fraction of sp³-hybridized carbons (Fsp3) is 0.111.